The molecule has 0 amide bonds. The summed E-state index contributed by atoms with van der Waals surface area (Å²) in [5, 5.41) is 9.02. The number of ether oxygens (including phenoxy) is 1. The van der Waals surface area contributed by atoms with Gasteiger partial charge in [0.25, 0.3) is 0 Å². The van der Waals surface area contributed by atoms with Gasteiger partial charge in [0.15, 0.2) is 0 Å². The molecule has 0 saturated heterocycles. The molecule has 0 bridgehead atoms. The van der Waals surface area contributed by atoms with Crippen LogP contribution in [0.5, 0.6) is 0 Å². The average Bonchev–Trinajstić information content (AvgIpc) is 3.22. The number of aryl methyl sites for hydroxylation is 1. The molecule has 21 heavy (non-hydrogen) atoms. The lowest BCUT2D eigenvalue weighted by Gasteiger charge is -2.09. The number of nitrogens with one attached hydrogen (secondary N) is 1. The molecule has 0 aliphatic heterocycles. The van der Waals surface area contributed by atoms with Crippen LogP contribution in [0.25, 0.3) is 0 Å². The van der Waals surface area contributed by atoms with Crippen molar-refractivity contribution in [2.24, 2.45) is 5.92 Å². The fourth-order valence-corrected chi connectivity index (χ4v) is 2.90. The van der Waals surface area contributed by atoms with Gasteiger partial charge in [-0.05, 0) is 43.4 Å². The minimum atomic E-state index is -3.71. The predicted molar refractivity (Wildman–Crippen MR) is 76.9 cm³/mol. The van der Waals surface area contributed by atoms with Gasteiger partial charge in [0, 0.05) is 13.2 Å². The first-order valence-corrected chi connectivity index (χ1v) is 8.30. The third-order valence-corrected chi connectivity index (χ3v) is 4.80. The van der Waals surface area contributed by atoms with Crippen LogP contribution >= 0.6 is 0 Å². The maximum Gasteiger partial charge on any atom is 0.335 e. The van der Waals surface area contributed by atoms with Gasteiger partial charge in [-0.3, -0.25) is 0 Å². The Bertz CT molecular complexity index is 622. The van der Waals surface area contributed by atoms with Crippen LogP contribution < -0.4 is 4.72 Å². The quantitative estimate of drug-likeness (QED) is 0.708. The number of carbonyl (C=O) groups is 1. The average molecular weight is 313 g/mol. The summed E-state index contributed by atoms with van der Waals surface area (Å²) < 4.78 is 31.9. The van der Waals surface area contributed by atoms with Gasteiger partial charge in [-0.15, -0.1) is 0 Å². The molecule has 2 N–H and O–H groups in total. The van der Waals surface area contributed by atoms with Gasteiger partial charge in [0.2, 0.25) is 10.0 Å². The zero-order chi connectivity index (χ0) is 15.5. The molecule has 0 spiro atoms. The zero-order valence-corrected chi connectivity index (χ0v) is 12.6. The SMILES string of the molecule is Cc1ccc(S(=O)(=O)NCCOCC2CC2)cc1C(=O)O. The molecule has 0 unspecified atom stereocenters. The summed E-state index contributed by atoms with van der Waals surface area (Å²) in [4.78, 5) is 11.0. The summed E-state index contributed by atoms with van der Waals surface area (Å²) in [6, 6.07) is 4.06. The minimum absolute atomic E-state index is 0.0112. The van der Waals surface area contributed by atoms with Gasteiger partial charge in [-0.2, -0.15) is 0 Å². The van der Waals surface area contributed by atoms with E-state index in [-0.39, 0.29) is 17.0 Å². The summed E-state index contributed by atoms with van der Waals surface area (Å²) in [6.45, 7) is 2.78. The molecule has 1 aliphatic rings. The Kier molecular flexibility index (Phi) is 4.97. The molecule has 116 valence electrons. The fourth-order valence-electron chi connectivity index (χ4n) is 1.86. The first kappa shape index (κ1) is 15.9. The lowest BCUT2D eigenvalue weighted by Crippen LogP contribution is -2.28. The Labute approximate surface area is 124 Å². The summed E-state index contributed by atoms with van der Waals surface area (Å²) in [5.41, 5.74) is 0.511. The maximum atomic E-state index is 12.1. The zero-order valence-electron chi connectivity index (χ0n) is 11.8. The number of hydrogen-bond donors (Lipinski definition) is 2. The van der Waals surface area contributed by atoms with Crippen molar-refractivity contribution >= 4 is 16.0 Å². The van der Waals surface area contributed by atoms with Crippen molar-refractivity contribution in [3.8, 4) is 0 Å². The molecule has 0 atom stereocenters. The van der Waals surface area contributed by atoms with Gasteiger partial charge in [-0.1, -0.05) is 6.07 Å². The number of aromatic carboxylic acids is 1. The van der Waals surface area contributed by atoms with Crippen molar-refractivity contribution in [3.63, 3.8) is 0 Å². The van der Waals surface area contributed by atoms with Crippen molar-refractivity contribution in [2.45, 2.75) is 24.7 Å². The van der Waals surface area contributed by atoms with Crippen molar-refractivity contribution in [3.05, 3.63) is 29.3 Å². The van der Waals surface area contributed by atoms with E-state index in [4.69, 9.17) is 9.84 Å². The first-order valence-electron chi connectivity index (χ1n) is 6.81. The molecule has 0 aromatic heterocycles. The van der Waals surface area contributed by atoms with E-state index in [0.717, 1.165) is 0 Å². The Balaban J connectivity index is 1.94. The lowest BCUT2D eigenvalue weighted by atomic mass is 10.1. The van der Waals surface area contributed by atoms with E-state index in [9.17, 15) is 13.2 Å². The molecule has 1 aliphatic carbocycles. The molecule has 0 radical (unpaired) electrons. The van der Waals surface area contributed by atoms with E-state index < -0.39 is 16.0 Å². The van der Waals surface area contributed by atoms with Gasteiger partial charge >= 0.3 is 5.97 Å². The summed E-state index contributed by atoms with van der Waals surface area (Å²) in [7, 11) is -3.71. The van der Waals surface area contributed by atoms with Crippen LogP contribution in [-0.2, 0) is 14.8 Å². The third kappa shape index (κ3) is 4.52. The first-order chi connectivity index (χ1) is 9.90. The largest absolute Gasteiger partial charge is 0.478 e. The van der Waals surface area contributed by atoms with E-state index in [1.807, 2.05) is 0 Å². The third-order valence-electron chi connectivity index (χ3n) is 3.34. The Morgan fingerprint density at radius 2 is 2.14 bits per heavy atom. The number of carboxylic acid groups (broad SMARTS) is 1. The molecule has 1 fully saturated rings. The maximum absolute atomic E-state index is 12.1. The molecule has 2 rings (SSSR count). The Morgan fingerprint density at radius 1 is 1.43 bits per heavy atom. The molecule has 6 nitrogen and oxygen atoms in total. The number of carboxylic acids is 1. The second kappa shape index (κ2) is 6.55. The van der Waals surface area contributed by atoms with Crippen LogP contribution in [0.1, 0.15) is 28.8 Å². The fraction of sp³-hybridized carbons (Fsp3) is 0.500. The van der Waals surface area contributed by atoms with E-state index in [2.05, 4.69) is 4.72 Å². The molecule has 0 heterocycles. The molecule has 1 saturated carbocycles. The highest BCUT2D eigenvalue weighted by atomic mass is 32.2. The number of hydrogen-bond acceptors (Lipinski definition) is 4. The van der Waals surface area contributed by atoms with E-state index in [1.54, 1.807) is 6.92 Å². The van der Waals surface area contributed by atoms with E-state index >= 15 is 0 Å². The van der Waals surface area contributed by atoms with Gasteiger partial charge in [0.05, 0.1) is 17.1 Å². The molecule has 1 aromatic rings. The smallest absolute Gasteiger partial charge is 0.335 e. The minimum Gasteiger partial charge on any atom is -0.478 e. The van der Waals surface area contributed by atoms with Crippen molar-refractivity contribution < 1.29 is 23.1 Å². The van der Waals surface area contributed by atoms with Gasteiger partial charge in [0.1, 0.15) is 0 Å². The van der Waals surface area contributed by atoms with Crippen molar-refractivity contribution in [1.29, 1.82) is 0 Å². The van der Waals surface area contributed by atoms with Crippen molar-refractivity contribution in [2.75, 3.05) is 19.8 Å². The Hall–Kier alpha value is -1.44. The second-order valence-electron chi connectivity index (χ2n) is 5.20. The molecule has 1 aromatic carbocycles. The lowest BCUT2D eigenvalue weighted by molar-refractivity contribution is 0.0696. The summed E-state index contributed by atoms with van der Waals surface area (Å²) in [6.07, 6.45) is 2.38. The summed E-state index contributed by atoms with van der Waals surface area (Å²) >= 11 is 0. The van der Waals surface area contributed by atoms with Crippen LogP contribution in [0, 0.1) is 12.8 Å². The number of rotatable bonds is 8. The van der Waals surface area contributed by atoms with E-state index in [0.29, 0.717) is 24.7 Å². The highest BCUT2D eigenvalue weighted by Gasteiger charge is 2.21. The van der Waals surface area contributed by atoms with Crippen LogP contribution in [0.15, 0.2) is 23.1 Å². The number of benzene rings is 1. The van der Waals surface area contributed by atoms with Crippen LogP contribution in [0.3, 0.4) is 0 Å². The number of sulfonamides is 1. The van der Waals surface area contributed by atoms with Gasteiger partial charge < -0.3 is 9.84 Å². The van der Waals surface area contributed by atoms with Crippen LogP contribution in [-0.4, -0.2) is 39.3 Å². The molecular formula is C14H19NO5S. The van der Waals surface area contributed by atoms with Gasteiger partial charge in [-0.25, -0.2) is 17.9 Å². The standard InChI is InChI=1S/C14H19NO5S/c1-10-2-5-12(8-13(10)14(16)17)21(18,19)15-6-7-20-9-11-3-4-11/h2,5,8,11,15H,3-4,6-7,9H2,1H3,(H,16,17). The summed E-state index contributed by atoms with van der Waals surface area (Å²) in [5.74, 6) is -0.505. The highest BCUT2D eigenvalue weighted by molar-refractivity contribution is 7.89. The van der Waals surface area contributed by atoms with Crippen molar-refractivity contribution in [1.82, 2.24) is 4.72 Å². The molecule has 7 heteroatoms. The second-order valence-corrected chi connectivity index (χ2v) is 6.96. The highest BCUT2D eigenvalue weighted by Crippen LogP contribution is 2.28. The van der Waals surface area contributed by atoms with Crippen LogP contribution in [0.2, 0.25) is 0 Å². The van der Waals surface area contributed by atoms with Crippen LogP contribution in [0.4, 0.5) is 0 Å². The topological polar surface area (TPSA) is 92.7 Å². The molecular weight excluding hydrogens is 294 g/mol. The predicted octanol–water partition coefficient (Wildman–Crippen LogP) is 1.40. The monoisotopic (exact) mass is 313 g/mol. The normalized spacial score (nSPS) is 15.1. The Morgan fingerprint density at radius 3 is 2.76 bits per heavy atom. The van der Waals surface area contributed by atoms with E-state index in [1.165, 1.54) is 31.0 Å².